The first kappa shape index (κ1) is 113. The zero-order valence-electron chi connectivity index (χ0n) is 59.9. The molecule has 0 fully saturated rings. The van der Waals surface area contributed by atoms with Crippen molar-refractivity contribution in [3.63, 3.8) is 0 Å². The Morgan fingerprint density at radius 2 is 0.669 bits per heavy atom. The molecule has 2 radical (unpaired) electrons. The van der Waals surface area contributed by atoms with Gasteiger partial charge >= 0.3 is 47.1 Å². The number of rotatable bonds is 10. The Morgan fingerprint density at radius 3 is 0.992 bits per heavy atom. The molecule has 0 aliphatic heterocycles. The van der Waals surface area contributed by atoms with Gasteiger partial charge in [0.15, 0.2) is 0 Å². The van der Waals surface area contributed by atoms with E-state index in [-0.39, 0.29) is 145 Å². The number of nitro groups is 3. The molecule has 0 atom stereocenters. The molecule has 6 N–H and O–H groups in total. The molecule has 0 saturated carbocycles. The second-order valence-corrected chi connectivity index (χ2v) is 32.5. The van der Waals surface area contributed by atoms with Crippen LogP contribution in [0.3, 0.4) is 0 Å². The molecule has 0 bridgehead atoms. The van der Waals surface area contributed by atoms with Gasteiger partial charge in [-0.25, -0.2) is 0 Å². The van der Waals surface area contributed by atoms with Crippen molar-refractivity contribution in [2.45, 2.75) is 46.0 Å². The van der Waals surface area contributed by atoms with Gasteiger partial charge in [-0.2, -0.15) is 8.42 Å². The van der Waals surface area contributed by atoms with E-state index in [4.69, 9.17) is 220 Å². The molecule has 0 saturated heterocycles. The van der Waals surface area contributed by atoms with Gasteiger partial charge in [-0.1, -0.05) is 207 Å². The van der Waals surface area contributed by atoms with Gasteiger partial charge in [0.1, 0.15) is 71.5 Å². The number of allylic oxidation sites excluding steroid dienone is 12. The molecule has 6 aliphatic rings. The van der Waals surface area contributed by atoms with Crippen molar-refractivity contribution in [1.29, 1.82) is 0 Å². The van der Waals surface area contributed by atoms with Crippen LogP contribution in [-0.4, -0.2) is 142 Å². The number of nitro benzene ring substituents is 3. The van der Waals surface area contributed by atoms with Crippen LogP contribution < -0.4 is 11.1 Å². The van der Waals surface area contributed by atoms with Crippen molar-refractivity contribution in [3.05, 3.63) is 283 Å². The molecule has 51 heteroatoms. The molecule has 6 aromatic carbocycles. The Hall–Kier alpha value is -9.43. The van der Waals surface area contributed by atoms with Crippen LogP contribution in [0.5, 0.6) is 0 Å². The van der Waals surface area contributed by atoms with Gasteiger partial charge in [0.2, 0.25) is 80.5 Å². The summed E-state index contributed by atoms with van der Waals surface area (Å²) in [6, 6.07) is 26.5. The second kappa shape index (κ2) is 51.9. The number of benzene rings is 6. The monoisotopic (exact) mass is 2150 g/mol. The molecule has 0 heterocycles. The summed E-state index contributed by atoms with van der Waals surface area (Å²) in [5.41, 5.74) is 5.14. The van der Waals surface area contributed by atoms with Gasteiger partial charge in [0, 0.05) is 100 Å². The molecule has 1 amide bonds. The number of anilines is 2. The van der Waals surface area contributed by atoms with Gasteiger partial charge < -0.3 is 16.3 Å². The summed E-state index contributed by atoms with van der Waals surface area (Å²) >= 11 is 71.7. The summed E-state index contributed by atoms with van der Waals surface area (Å²) in [6.45, 7) is 0. The summed E-state index contributed by atoms with van der Waals surface area (Å²) in [7, 11) is 5.20. The third-order valence-corrected chi connectivity index (χ3v) is 20.0. The molecule has 650 valence electrons. The van der Waals surface area contributed by atoms with Crippen LogP contribution in [0.4, 0.5) is 28.4 Å². The number of amides is 1. The van der Waals surface area contributed by atoms with Gasteiger partial charge in [0.05, 0.1) is 31.6 Å². The van der Waals surface area contributed by atoms with E-state index in [0.29, 0.717) is 43.2 Å². The summed E-state index contributed by atoms with van der Waals surface area (Å²) < 4.78 is 31.6. The van der Waals surface area contributed by atoms with E-state index in [1.165, 1.54) is 54.6 Å². The van der Waals surface area contributed by atoms with Gasteiger partial charge in [-0.3, -0.25) is 107 Å². The Kier molecular flexibility index (Phi) is 47.1. The number of carbonyl (C=O) groups is 14. The van der Waals surface area contributed by atoms with Crippen molar-refractivity contribution in [1.82, 2.24) is 0 Å². The van der Waals surface area contributed by atoms with Crippen molar-refractivity contribution in [3.8, 4) is 24.7 Å². The van der Waals surface area contributed by atoms with E-state index in [1.807, 2.05) is 0 Å². The number of hydrogen-bond donors (Lipinski definition) is 5. The minimum atomic E-state index is -4.67. The maximum atomic E-state index is 12.2. The normalized spacial score (nSPS) is 13.6. The molecule has 0 aromatic heterocycles. The third-order valence-electron chi connectivity index (χ3n) is 14.9. The van der Waals surface area contributed by atoms with Crippen LogP contribution in [0.25, 0.3) is 0 Å². The van der Waals surface area contributed by atoms with Crippen LogP contribution >= 0.6 is 181 Å². The average Bonchev–Trinajstić information content (AvgIpc) is 0.777. The number of carbonyl (C=O) groups excluding carboxylic acids is 14. The fourth-order valence-corrected chi connectivity index (χ4v) is 12.1. The van der Waals surface area contributed by atoms with Crippen LogP contribution in [-0.2, 0) is 20.0 Å². The number of nitrogens with zero attached hydrogens (tertiary/aromatic N) is 4. The Labute approximate surface area is 786 Å². The summed E-state index contributed by atoms with van der Waals surface area (Å²) in [5.74, 6) is -2.60. The van der Waals surface area contributed by atoms with E-state index < -0.39 is 155 Å². The first-order chi connectivity index (χ1) is 56.9. The standard InChI is InChI=1S/C16H11Cl2NO3.3C10H3Cl2NO4.C10H5Cl2NO2.C10H4Cl2O2.C6H7ClO.CH4.3ClH.HNO3.H2O4S.Sn/c1-2-3-4-8-11(20)19-10-7-5-6-9-12(10)16(22)14(18)13(17)15(9)21;11-7-8(12)10(15)6-3-4(13(16)17)1-2-5(6)9(7)14;2*11-7-8(12)10(15)6-4(9(7)14)2-1-3-5(6)13(16)17;11-7-8(12)10(15)6-4(9(7)14)2-1-3-5(6)13;11-7-8(12)10(14)6-4-2-1-3-5(6)9(7)13;1-2-3-4-5-6(7)8;;;;;2-1(3)4;1-5(2,3)4;/h1,5-7H,3-4,8H2,(H,19,20);3*1-3H;1-3H,13H2;1-4H;1H,3-5H2;1H4;3*1H;(H,2,3,4);(H2,1,2,3,4);/q;;;;;;;;;;;;;+2/p-2. The Balaban J connectivity index is 0.000000712. The summed E-state index contributed by atoms with van der Waals surface area (Å²) in [4.78, 5) is 201. The molecular weight excluding hydrogens is 2110 g/mol. The third kappa shape index (κ3) is 29.9. The second-order valence-electron chi connectivity index (χ2n) is 22.4. The number of nitrogen functional groups attached to an aromatic ring is 1. The number of nitrogens with one attached hydrogen (secondary N) is 1. The van der Waals surface area contributed by atoms with Gasteiger partial charge in [-0.05, 0) is 54.8 Å². The van der Waals surface area contributed by atoms with Gasteiger partial charge in [-0.15, -0.1) is 47.2 Å². The van der Waals surface area contributed by atoms with Gasteiger partial charge in [0.25, 0.3) is 22.1 Å². The van der Waals surface area contributed by atoms with E-state index in [9.17, 15) is 97.5 Å². The molecule has 0 unspecified atom stereocenters. The topological polar surface area (TPSA) is 544 Å². The van der Waals surface area contributed by atoms with Crippen molar-refractivity contribution >= 4 is 319 Å². The van der Waals surface area contributed by atoms with E-state index >= 15 is 0 Å². The zero-order chi connectivity index (χ0) is 93.1. The number of Topliss-reactive ketones (excluding diaryl/α,β-unsaturated/α-hetero) is 12. The first-order valence-electron chi connectivity index (χ1n) is 31.5. The number of ketones is 12. The number of hydrogen-bond acceptors (Lipinski definition) is 25. The molecule has 33 nitrogen and oxygen atoms in total. The number of unbranched alkanes of at least 4 members (excludes halogenated alkanes) is 2. The number of halogens is 16. The summed E-state index contributed by atoms with van der Waals surface area (Å²) in [6.07, 6.45) is 13.0. The van der Waals surface area contributed by atoms with E-state index in [2.05, 4.69) is 17.2 Å². The first-order valence-corrected chi connectivity index (χ1v) is 45.1. The predicted octanol–water partition coefficient (Wildman–Crippen LogP) is 19.2. The summed E-state index contributed by atoms with van der Waals surface area (Å²) in [5, 5.41) is 43.9. The minimum absolute atomic E-state index is 0. The molecule has 0 spiro atoms. The molecular formula is C73H44Cl16N6O27SSn. The number of non-ortho nitro benzene ring substituents is 1. The fraction of sp³-hybridized carbons (Fsp3) is 0.0959. The van der Waals surface area contributed by atoms with Crippen LogP contribution in [0.2, 0.25) is 0 Å². The SMILES string of the molecule is C.C#CCCCC(=O)Cl.C#CCCCC(=O)Nc1cccc2c1C(=O)C(Cl)=C(Cl)C2=O.Cl.Nc1cccc2c1C(=O)C(Cl)=C(Cl)C2=O.O=C1C(Cl)=C(Cl)C(=O)c2c1cccc2[N+](=O)[O-].O=C1C(Cl)=C(Cl)C(=O)c2c1cccc2[N+](=O)[O-].O=C1C(Cl)=C(Cl)C(=O)c2cc([N+](=O)[O-])ccc21.O=C1C(Cl)=C(Cl)C(=O)c2ccccc21.O=S(=O)(O)O.O=[N+]([O-])O.[Cl][Sn][Cl]. The molecule has 6 aromatic rings. The molecule has 124 heavy (non-hydrogen) atoms. The number of terminal acetylenes is 2. The molecule has 12 rings (SSSR count). The predicted molar refractivity (Wildman–Crippen MR) is 467 cm³/mol. The van der Waals surface area contributed by atoms with Crippen molar-refractivity contribution in [2.75, 3.05) is 11.1 Å². The Morgan fingerprint density at radius 1 is 0.411 bits per heavy atom. The quantitative estimate of drug-likeness (QED) is 0.0124. The zero-order valence-corrected chi connectivity index (χ0v) is 75.7. The van der Waals surface area contributed by atoms with Crippen molar-refractivity contribution < 1.29 is 110 Å². The van der Waals surface area contributed by atoms with Crippen molar-refractivity contribution in [2.24, 2.45) is 0 Å². The number of fused-ring (bicyclic) bond motifs is 6. The maximum absolute atomic E-state index is 12.2. The Bertz CT molecular complexity index is 5770. The molecule has 6 aliphatic carbocycles. The van der Waals surface area contributed by atoms with E-state index in [0.717, 1.165) is 24.3 Å². The number of nitrogens with two attached hydrogens (primary N) is 1. The fourth-order valence-electron chi connectivity index (χ4n) is 9.73. The van der Waals surface area contributed by atoms with Crippen LogP contribution in [0, 0.1) is 65.1 Å². The van der Waals surface area contributed by atoms with Crippen LogP contribution in [0.15, 0.2) is 176 Å². The van der Waals surface area contributed by atoms with E-state index in [1.54, 1.807) is 36.4 Å². The van der Waals surface area contributed by atoms with Crippen LogP contribution in [0.1, 0.15) is 170 Å². The average molecular weight is 2160 g/mol.